The largest absolute Gasteiger partial charge is 0.497 e. The second-order valence-corrected chi connectivity index (χ2v) is 9.34. The minimum atomic E-state index is -1.19. The van der Waals surface area contributed by atoms with E-state index in [4.69, 9.17) is 16.3 Å². The average Bonchev–Trinajstić information content (AvgIpc) is 3.50. The molecule has 4 aliphatic rings. The monoisotopic (exact) mass is 451 g/mol. The molecule has 0 aromatic heterocycles. The Labute approximate surface area is 190 Å². The number of benzene rings is 2. The van der Waals surface area contributed by atoms with Gasteiger partial charge in [0.2, 0.25) is 17.7 Å². The summed E-state index contributed by atoms with van der Waals surface area (Å²) < 4.78 is 5.21. The maximum Gasteiger partial charge on any atom is 0.250 e. The fourth-order valence-corrected chi connectivity index (χ4v) is 6.53. The number of fused-ring (bicyclic) bond motifs is 7. The van der Waals surface area contributed by atoms with E-state index in [9.17, 15) is 14.4 Å². The Bertz CT molecular complexity index is 1200. The average molecular weight is 452 g/mol. The molecule has 0 bridgehead atoms. The summed E-state index contributed by atoms with van der Waals surface area (Å²) >= 11 is 6.33. The molecule has 8 heteroatoms. The van der Waals surface area contributed by atoms with Gasteiger partial charge in [0.1, 0.15) is 11.3 Å². The summed E-state index contributed by atoms with van der Waals surface area (Å²) in [5.41, 5.74) is 1.50. The number of nitrogens with zero attached hydrogens (tertiary/aromatic N) is 2. The van der Waals surface area contributed by atoms with Crippen molar-refractivity contribution in [1.29, 1.82) is 0 Å². The first-order valence-electron chi connectivity index (χ1n) is 10.8. The maximum absolute atomic E-state index is 13.9. The van der Waals surface area contributed by atoms with Gasteiger partial charge in [-0.1, -0.05) is 17.7 Å². The van der Waals surface area contributed by atoms with Crippen molar-refractivity contribution in [3.05, 3.63) is 52.5 Å². The molecule has 4 heterocycles. The molecule has 4 atom stereocenters. The van der Waals surface area contributed by atoms with Gasteiger partial charge < -0.3 is 10.1 Å². The Kier molecular flexibility index (Phi) is 4.05. The highest BCUT2D eigenvalue weighted by atomic mass is 35.5. The molecule has 0 radical (unpaired) electrons. The van der Waals surface area contributed by atoms with E-state index in [2.05, 4.69) is 10.2 Å². The number of carbonyl (C=O) groups is 3. The topological polar surface area (TPSA) is 79.0 Å². The van der Waals surface area contributed by atoms with Crippen LogP contribution < -0.4 is 15.0 Å². The lowest BCUT2D eigenvalue weighted by atomic mass is 9.75. The number of ether oxygens (including phenoxy) is 1. The van der Waals surface area contributed by atoms with E-state index in [0.29, 0.717) is 28.7 Å². The van der Waals surface area contributed by atoms with Crippen LogP contribution in [0.25, 0.3) is 0 Å². The number of halogens is 1. The van der Waals surface area contributed by atoms with Crippen LogP contribution in [0.2, 0.25) is 5.02 Å². The number of imide groups is 1. The number of nitrogens with one attached hydrogen (secondary N) is 1. The van der Waals surface area contributed by atoms with Gasteiger partial charge in [-0.15, -0.1) is 0 Å². The van der Waals surface area contributed by atoms with Crippen molar-refractivity contribution in [2.24, 2.45) is 11.8 Å². The number of amides is 3. The summed E-state index contributed by atoms with van der Waals surface area (Å²) in [7, 11) is 1.56. The SMILES string of the molecule is COc1ccc(N2C(=O)[C@@H]3[C@H]4CCCN4[C@@]4(C(=O)Nc5c4ccc(Cl)c5C)[C@@H]3C2=O)cc1. The summed E-state index contributed by atoms with van der Waals surface area (Å²) in [6.45, 7) is 2.54. The van der Waals surface area contributed by atoms with Crippen molar-refractivity contribution >= 4 is 40.7 Å². The predicted octanol–water partition coefficient (Wildman–Crippen LogP) is 3.09. The zero-order chi connectivity index (χ0) is 22.4. The third-order valence-corrected chi connectivity index (χ3v) is 8.10. The highest BCUT2D eigenvalue weighted by Gasteiger charge is 2.74. The van der Waals surface area contributed by atoms with Crippen LogP contribution in [0.5, 0.6) is 5.75 Å². The molecule has 1 spiro atoms. The van der Waals surface area contributed by atoms with Crippen molar-refractivity contribution in [2.45, 2.75) is 31.3 Å². The van der Waals surface area contributed by atoms with E-state index in [1.165, 1.54) is 4.90 Å². The smallest absolute Gasteiger partial charge is 0.250 e. The van der Waals surface area contributed by atoms with E-state index >= 15 is 0 Å². The lowest BCUT2D eigenvalue weighted by Gasteiger charge is -2.36. The van der Waals surface area contributed by atoms with E-state index < -0.39 is 17.4 Å². The van der Waals surface area contributed by atoms with E-state index in [1.807, 2.05) is 13.0 Å². The zero-order valence-corrected chi connectivity index (χ0v) is 18.5. The molecule has 4 aliphatic heterocycles. The van der Waals surface area contributed by atoms with E-state index in [0.717, 1.165) is 24.0 Å². The van der Waals surface area contributed by atoms with Crippen LogP contribution in [0.3, 0.4) is 0 Å². The Morgan fingerprint density at radius 2 is 1.84 bits per heavy atom. The molecule has 3 fully saturated rings. The predicted molar refractivity (Wildman–Crippen MR) is 119 cm³/mol. The van der Waals surface area contributed by atoms with Crippen LogP contribution in [0, 0.1) is 18.8 Å². The number of methoxy groups -OCH3 is 1. The van der Waals surface area contributed by atoms with Crippen molar-refractivity contribution in [3.8, 4) is 5.75 Å². The molecule has 0 aliphatic carbocycles. The molecule has 3 amide bonds. The molecular formula is C24H22ClN3O4. The molecule has 3 saturated heterocycles. The van der Waals surface area contributed by atoms with Gasteiger partial charge in [0, 0.05) is 16.6 Å². The van der Waals surface area contributed by atoms with Gasteiger partial charge >= 0.3 is 0 Å². The lowest BCUT2D eigenvalue weighted by Crippen LogP contribution is -2.54. The quantitative estimate of drug-likeness (QED) is 0.710. The third-order valence-electron chi connectivity index (χ3n) is 7.69. The fourth-order valence-electron chi connectivity index (χ4n) is 6.38. The molecule has 2 aromatic rings. The highest BCUT2D eigenvalue weighted by Crippen LogP contribution is 2.61. The molecule has 2 aromatic carbocycles. The van der Waals surface area contributed by atoms with Crippen molar-refractivity contribution in [2.75, 3.05) is 23.9 Å². The first kappa shape index (κ1) is 19.8. The molecule has 0 unspecified atom stereocenters. The highest BCUT2D eigenvalue weighted by molar-refractivity contribution is 6.32. The van der Waals surface area contributed by atoms with Gasteiger partial charge in [0.25, 0.3) is 0 Å². The number of carbonyl (C=O) groups excluding carboxylic acids is 3. The first-order valence-corrected chi connectivity index (χ1v) is 11.2. The van der Waals surface area contributed by atoms with Crippen LogP contribution in [0.15, 0.2) is 36.4 Å². The summed E-state index contributed by atoms with van der Waals surface area (Å²) in [4.78, 5) is 44.6. The normalized spacial score (nSPS) is 30.7. The summed E-state index contributed by atoms with van der Waals surface area (Å²) in [6.07, 6.45) is 1.67. The Balaban J connectivity index is 1.53. The first-order chi connectivity index (χ1) is 15.4. The number of hydrogen-bond donors (Lipinski definition) is 1. The van der Waals surface area contributed by atoms with Gasteiger partial charge in [0.15, 0.2) is 0 Å². The van der Waals surface area contributed by atoms with Crippen molar-refractivity contribution in [1.82, 2.24) is 4.90 Å². The van der Waals surface area contributed by atoms with Gasteiger partial charge in [-0.2, -0.15) is 0 Å². The number of anilines is 2. The van der Waals surface area contributed by atoms with Gasteiger partial charge in [-0.25, -0.2) is 4.90 Å². The van der Waals surface area contributed by atoms with E-state index in [1.54, 1.807) is 37.4 Å². The Morgan fingerprint density at radius 3 is 2.56 bits per heavy atom. The molecule has 7 nitrogen and oxygen atoms in total. The van der Waals surface area contributed by atoms with Crippen LogP contribution in [-0.4, -0.2) is 42.3 Å². The number of hydrogen-bond acceptors (Lipinski definition) is 5. The van der Waals surface area contributed by atoms with Gasteiger partial charge in [0.05, 0.1) is 30.3 Å². The van der Waals surface area contributed by atoms with Crippen molar-refractivity contribution < 1.29 is 19.1 Å². The second kappa shape index (κ2) is 6.56. The summed E-state index contributed by atoms with van der Waals surface area (Å²) in [5, 5.41) is 3.56. The van der Waals surface area contributed by atoms with Crippen LogP contribution in [0.4, 0.5) is 11.4 Å². The number of rotatable bonds is 2. The standard InChI is InChI=1S/C24H22ClN3O4/c1-12-16(25)10-9-15-20(12)26-23(31)24(15)19-18(17-4-3-11-27(17)24)21(29)28(22(19)30)13-5-7-14(32-2)8-6-13/h5-10,17-19H,3-4,11H2,1-2H3,(H,26,31)/t17-,18-,19+,24-/m1/s1. The van der Waals surface area contributed by atoms with Crippen molar-refractivity contribution in [3.63, 3.8) is 0 Å². The Hall–Kier alpha value is -2.90. The van der Waals surface area contributed by atoms with Crippen LogP contribution >= 0.6 is 11.6 Å². The lowest BCUT2D eigenvalue weighted by molar-refractivity contribution is -0.135. The zero-order valence-electron chi connectivity index (χ0n) is 17.7. The molecule has 0 saturated carbocycles. The molecule has 6 rings (SSSR count). The van der Waals surface area contributed by atoms with E-state index in [-0.39, 0.29) is 23.8 Å². The molecule has 164 valence electrons. The summed E-state index contributed by atoms with van der Waals surface area (Å²) in [6, 6.07) is 10.3. The summed E-state index contributed by atoms with van der Waals surface area (Å²) in [5.74, 6) is -1.48. The Morgan fingerprint density at radius 1 is 1.09 bits per heavy atom. The molecule has 1 N–H and O–H groups in total. The molecular weight excluding hydrogens is 430 g/mol. The van der Waals surface area contributed by atoms with Crippen LogP contribution in [-0.2, 0) is 19.9 Å². The fraction of sp³-hybridized carbons (Fsp3) is 0.375. The van der Waals surface area contributed by atoms with Gasteiger partial charge in [-0.3, -0.25) is 19.3 Å². The van der Waals surface area contributed by atoms with Crippen LogP contribution in [0.1, 0.15) is 24.0 Å². The molecule has 32 heavy (non-hydrogen) atoms. The minimum absolute atomic E-state index is 0.146. The second-order valence-electron chi connectivity index (χ2n) is 8.93. The van der Waals surface area contributed by atoms with Gasteiger partial charge in [-0.05, 0) is 62.2 Å². The third kappa shape index (κ3) is 2.18. The maximum atomic E-state index is 13.9. The minimum Gasteiger partial charge on any atom is -0.497 e.